The van der Waals surface area contributed by atoms with Gasteiger partial charge in [-0.3, -0.25) is 19.3 Å². The molecule has 0 saturated carbocycles. The largest absolute Gasteiger partial charge is 0.373 e. The summed E-state index contributed by atoms with van der Waals surface area (Å²) in [6.07, 6.45) is 3.20. The Morgan fingerprint density at radius 2 is 1.97 bits per heavy atom. The summed E-state index contributed by atoms with van der Waals surface area (Å²) in [6, 6.07) is 10.3. The summed E-state index contributed by atoms with van der Waals surface area (Å²) in [5.41, 5.74) is 3.50. The minimum atomic E-state index is -0.531. The molecule has 0 N–H and O–H groups in total. The lowest BCUT2D eigenvalue weighted by atomic mass is 9.89. The van der Waals surface area contributed by atoms with Crippen LogP contribution in [0.3, 0.4) is 0 Å². The second-order valence-corrected chi connectivity index (χ2v) is 9.19. The van der Waals surface area contributed by atoms with Gasteiger partial charge in [-0.2, -0.15) is 0 Å². The van der Waals surface area contributed by atoms with Gasteiger partial charge in [-0.05, 0) is 62.6 Å². The SMILES string of the molecule is Cc1ccc(C2CC(c3cc4nc(C)n(C)c(=O)c4c(-c4ccc(Cl)cc4F)n3)CCO2)cn1. The highest BCUT2D eigenvalue weighted by molar-refractivity contribution is 6.30. The van der Waals surface area contributed by atoms with Gasteiger partial charge in [0.1, 0.15) is 11.6 Å². The Labute approximate surface area is 201 Å². The second kappa shape index (κ2) is 8.89. The molecule has 4 aromatic rings. The van der Waals surface area contributed by atoms with Gasteiger partial charge in [-0.1, -0.05) is 17.7 Å². The zero-order valence-electron chi connectivity index (χ0n) is 19.2. The fourth-order valence-electron chi connectivity index (χ4n) is 4.47. The summed E-state index contributed by atoms with van der Waals surface area (Å²) < 4.78 is 22.5. The molecule has 2 atom stereocenters. The Hall–Kier alpha value is -3.16. The van der Waals surface area contributed by atoms with Crippen molar-refractivity contribution < 1.29 is 9.13 Å². The number of rotatable bonds is 3. The molecule has 0 radical (unpaired) electrons. The molecule has 5 rings (SSSR count). The normalized spacial score (nSPS) is 18.4. The van der Waals surface area contributed by atoms with Crippen LogP contribution in [-0.2, 0) is 11.8 Å². The predicted octanol–water partition coefficient (Wildman–Crippen LogP) is 5.44. The molecule has 8 heteroatoms. The maximum absolute atomic E-state index is 15.0. The molecule has 1 aromatic carbocycles. The zero-order valence-corrected chi connectivity index (χ0v) is 19.9. The standard InChI is InChI=1S/C26H24ClFN4O2/c1-14-4-5-17(13-29-14)23-10-16(8-9-34-23)21-12-22-24(26(33)32(3)15(2)30-22)25(31-21)19-7-6-18(27)11-20(19)28/h4-7,11-13,16,23H,8-10H2,1-3H3. The Kier molecular flexibility index (Phi) is 5.91. The molecule has 0 bridgehead atoms. The van der Waals surface area contributed by atoms with Crippen LogP contribution in [0.15, 0.2) is 47.4 Å². The Balaban J connectivity index is 1.65. The molecular weight excluding hydrogens is 455 g/mol. The third-order valence-corrected chi connectivity index (χ3v) is 6.73. The lowest BCUT2D eigenvalue weighted by molar-refractivity contribution is 0.00448. The van der Waals surface area contributed by atoms with Crippen LogP contribution in [0.1, 0.15) is 47.6 Å². The number of aromatic nitrogens is 4. The van der Waals surface area contributed by atoms with Crippen LogP contribution in [0.4, 0.5) is 4.39 Å². The van der Waals surface area contributed by atoms with E-state index >= 15 is 0 Å². The maximum atomic E-state index is 15.0. The van der Waals surface area contributed by atoms with Gasteiger partial charge < -0.3 is 4.74 Å². The van der Waals surface area contributed by atoms with Crippen molar-refractivity contribution in [1.29, 1.82) is 0 Å². The fraction of sp³-hybridized carbons (Fsp3) is 0.308. The summed E-state index contributed by atoms with van der Waals surface area (Å²) >= 11 is 5.98. The molecular formula is C26H24ClFN4O2. The average molecular weight is 479 g/mol. The molecule has 6 nitrogen and oxygen atoms in total. The lowest BCUT2D eigenvalue weighted by Gasteiger charge is -2.30. The number of fused-ring (bicyclic) bond motifs is 1. The zero-order chi connectivity index (χ0) is 24.0. The van der Waals surface area contributed by atoms with E-state index in [4.69, 9.17) is 21.3 Å². The smallest absolute Gasteiger partial charge is 0.263 e. The number of ether oxygens (including phenoxy) is 1. The van der Waals surface area contributed by atoms with E-state index in [0.717, 1.165) is 23.4 Å². The summed E-state index contributed by atoms with van der Waals surface area (Å²) in [5.74, 6) is 0.106. The summed E-state index contributed by atoms with van der Waals surface area (Å²) in [7, 11) is 1.65. The number of aryl methyl sites for hydroxylation is 2. The molecule has 1 aliphatic rings. The van der Waals surface area contributed by atoms with Gasteiger partial charge in [0.05, 0.1) is 22.7 Å². The quantitative estimate of drug-likeness (QED) is 0.392. The predicted molar refractivity (Wildman–Crippen MR) is 130 cm³/mol. The van der Waals surface area contributed by atoms with Gasteiger partial charge in [-0.25, -0.2) is 9.37 Å². The van der Waals surface area contributed by atoms with E-state index in [1.54, 1.807) is 26.1 Å². The van der Waals surface area contributed by atoms with E-state index in [-0.39, 0.29) is 33.9 Å². The summed E-state index contributed by atoms with van der Waals surface area (Å²) in [4.78, 5) is 27.1. The van der Waals surface area contributed by atoms with Crippen molar-refractivity contribution in [1.82, 2.24) is 19.5 Å². The fourth-order valence-corrected chi connectivity index (χ4v) is 4.63. The van der Waals surface area contributed by atoms with Crippen LogP contribution in [0.5, 0.6) is 0 Å². The van der Waals surface area contributed by atoms with Crippen molar-refractivity contribution in [2.75, 3.05) is 6.61 Å². The van der Waals surface area contributed by atoms with E-state index in [9.17, 15) is 9.18 Å². The lowest BCUT2D eigenvalue weighted by Crippen LogP contribution is -2.23. The number of halogens is 2. The third-order valence-electron chi connectivity index (χ3n) is 6.50. The molecule has 1 aliphatic heterocycles. The van der Waals surface area contributed by atoms with Crippen molar-refractivity contribution in [2.24, 2.45) is 7.05 Å². The molecule has 174 valence electrons. The van der Waals surface area contributed by atoms with Crippen LogP contribution in [-0.4, -0.2) is 26.1 Å². The topological polar surface area (TPSA) is 69.9 Å². The van der Waals surface area contributed by atoms with Crippen LogP contribution < -0.4 is 5.56 Å². The minimum Gasteiger partial charge on any atom is -0.373 e. The highest BCUT2D eigenvalue weighted by atomic mass is 35.5. The Morgan fingerprint density at radius 1 is 1.15 bits per heavy atom. The molecule has 1 saturated heterocycles. The van der Waals surface area contributed by atoms with Crippen LogP contribution in [0, 0.1) is 19.7 Å². The second-order valence-electron chi connectivity index (χ2n) is 8.75. The van der Waals surface area contributed by atoms with E-state index in [0.29, 0.717) is 29.8 Å². The molecule has 0 spiro atoms. The van der Waals surface area contributed by atoms with Gasteiger partial charge in [-0.15, -0.1) is 0 Å². The van der Waals surface area contributed by atoms with E-state index in [1.807, 2.05) is 31.3 Å². The molecule has 2 unspecified atom stereocenters. The van der Waals surface area contributed by atoms with E-state index < -0.39 is 5.82 Å². The number of pyridine rings is 2. The van der Waals surface area contributed by atoms with Crippen LogP contribution in [0.25, 0.3) is 22.2 Å². The maximum Gasteiger partial charge on any atom is 0.263 e. The Morgan fingerprint density at radius 3 is 2.71 bits per heavy atom. The first-order valence-electron chi connectivity index (χ1n) is 11.2. The van der Waals surface area contributed by atoms with Crippen molar-refractivity contribution >= 4 is 22.5 Å². The molecule has 1 fully saturated rings. The molecule has 4 heterocycles. The summed E-state index contributed by atoms with van der Waals surface area (Å²) in [5, 5.41) is 0.576. The van der Waals surface area contributed by atoms with Crippen LogP contribution >= 0.6 is 11.6 Å². The number of hydrogen-bond donors (Lipinski definition) is 0. The Bertz CT molecular complexity index is 1450. The van der Waals surface area contributed by atoms with Gasteiger partial charge in [0.25, 0.3) is 5.56 Å². The third kappa shape index (κ3) is 4.10. The van der Waals surface area contributed by atoms with Gasteiger partial charge >= 0.3 is 0 Å². The van der Waals surface area contributed by atoms with Crippen LogP contribution in [0.2, 0.25) is 5.02 Å². The van der Waals surface area contributed by atoms with Gasteiger partial charge in [0.2, 0.25) is 0 Å². The molecule has 3 aromatic heterocycles. The van der Waals surface area contributed by atoms with Gasteiger partial charge in [0, 0.05) is 47.7 Å². The van der Waals surface area contributed by atoms with Crippen molar-refractivity contribution in [3.05, 3.63) is 86.6 Å². The highest BCUT2D eigenvalue weighted by Crippen LogP contribution is 2.39. The average Bonchev–Trinajstić information content (AvgIpc) is 2.82. The van der Waals surface area contributed by atoms with Crippen molar-refractivity contribution in [3.8, 4) is 11.3 Å². The van der Waals surface area contributed by atoms with Gasteiger partial charge in [0.15, 0.2) is 0 Å². The first-order valence-corrected chi connectivity index (χ1v) is 11.6. The molecule has 0 amide bonds. The highest BCUT2D eigenvalue weighted by Gasteiger charge is 2.28. The van der Waals surface area contributed by atoms with E-state index in [2.05, 4.69) is 9.97 Å². The van der Waals surface area contributed by atoms with Crippen molar-refractivity contribution in [2.45, 2.75) is 38.7 Å². The minimum absolute atomic E-state index is 0.0599. The van der Waals surface area contributed by atoms with E-state index in [1.165, 1.54) is 10.6 Å². The first-order chi connectivity index (χ1) is 16.3. The molecule has 34 heavy (non-hydrogen) atoms. The first kappa shape index (κ1) is 22.6. The summed E-state index contributed by atoms with van der Waals surface area (Å²) in [6.45, 7) is 4.29. The monoisotopic (exact) mass is 478 g/mol. The van der Waals surface area contributed by atoms with Crippen molar-refractivity contribution in [3.63, 3.8) is 0 Å². The number of benzene rings is 1. The number of nitrogens with zero attached hydrogens (tertiary/aromatic N) is 4. The number of hydrogen-bond acceptors (Lipinski definition) is 5. The molecule has 0 aliphatic carbocycles.